The van der Waals surface area contributed by atoms with Crippen molar-refractivity contribution in [1.82, 2.24) is 5.32 Å². The second-order valence-corrected chi connectivity index (χ2v) is 5.34. The number of nitrogens with one attached hydrogen (secondary N) is 1. The van der Waals surface area contributed by atoms with Gasteiger partial charge in [0.1, 0.15) is 5.75 Å². The van der Waals surface area contributed by atoms with E-state index in [4.69, 9.17) is 9.84 Å². The van der Waals surface area contributed by atoms with Gasteiger partial charge in [0.15, 0.2) is 0 Å². The van der Waals surface area contributed by atoms with E-state index in [1.54, 1.807) is 18.6 Å². The highest BCUT2D eigenvalue weighted by molar-refractivity contribution is 7.10. The summed E-state index contributed by atoms with van der Waals surface area (Å²) in [7, 11) is 1.67. The molecule has 5 heteroatoms. The number of para-hydroxylation sites is 1. The molecule has 1 aromatic carbocycles. The summed E-state index contributed by atoms with van der Waals surface area (Å²) in [5.74, 6) is 0.0279. The molecule has 0 aliphatic carbocycles. The number of carboxylic acids is 1. The summed E-state index contributed by atoms with van der Waals surface area (Å²) in [4.78, 5) is 11.8. The molecular weight excluding hydrogens is 274 g/mol. The molecular formula is C15H17NO3S. The molecule has 0 bridgehead atoms. The van der Waals surface area contributed by atoms with Crippen LogP contribution in [0.4, 0.5) is 0 Å². The van der Waals surface area contributed by atoms with Gasteiger partial charge < -0.3 is 15.2 Å². The van der Waals surface area contributed by atoms with E-state index >= 15 is 0 Å². The topological polar surface area (TPSA) is 58.6 Å². The van der Waals surface area contributed by atoms with Gasteiger partial charge in [0.25, 0.3) is 0 Å². The van der Waals surface area contributed by atoms with Crippen LogP contribution in [0.3, 0.4) is 0 Å². The fourth-order valence-electron chi connectivity index (χ4n) is 1.93. The third-order valence-corrected chi connectivity index (χ3v) is 3.90. The highest BCUT2D eigenvalue weighted by atomic mass is 32.1. The molecule has 2 aromatic rings. The van der Waals surface area contributed by atoms with Crippen LogP contribution in [0, 0.1) is 0 Å². The van der Waals surface area contributed by atoms with Crippen LogP contribution >= 0.6 is 11.3 Å². The van der Waals surface area contributed by atoms with E-state index in [-0.39, 0.29) is 0 Å². The maximum Gasteiger partial charge on any atom is 0.336 e. The first kappa shape index (κ1) is 14.6. The third kappa shape index (κ3) is 3.82. The molecule has 2 rings (SSSR count). The Bertz CT molecular complexity index is 580. The Kier molecular flexibility index (Phi) is 5.15. The maximum absolute atomic E-state index is 10.8. The van der Waals surface area contributed by atoms with Crippen molar-refractivity contribution in [3.05, 3.63) is 51.7 Å². The van der Waals surface area contributed by atoms with E-state index in [0.717, 1.165) is 23.6 Å². The van der Waals surface area contributed by atoms with Crippen LogP contribution < -0.4 is 10.1 Å². The van der Waals surface area contributed by atoms with Crippen molar-refractivity contribution in [3.8, 4) is 5.75 Å². The molecule has 4 nitrogen and oxygen atoms in total. The number of rotatable bonds is 7. The second-order valence-electron chi connectivity index (χ2n) is 4.35. The molecule has 0 atom stereocenters. The standard InChI is InChI=1S/C15H17NO3S/c1-19-14-5-3-2-4-11(14)6-7-16-9-13-8-12(10-20-13)15(17)18/h2-5,8,10,16H,6-7,9H2,1H3,(H,17,18). The molecule has 0 saturated carbocycles. The quantitative estimate of drug-likeness (QED) is 0.770. The van der Waals surface area contributed by atoms with Gasteiger partial charge in [0, 0.05) is 16.8 Å². The Hall–Kier alpha value is -1.85. The van der Waals surface area contributed by atoms with Crippen LogP contribution in [0.2, 0.25) is 0 Å². The predicted octanol–water partition coefficient (Wildman–Crippen LogP) is 2.79. The number of hydrogen-bond acceptors (Lipinski definition) is 4. The summed E-state index contributed by atoms with van der Waals surface area (Å²) in [5, 5.41) is 13.8. The summed E-state index contributed by atoms with van der Waals surface area (Å²) >= 11 is 1.46. The van der Waals surface area contributed by atoms with E-state index in [0.29, 0.717) is 12.1 Å². The molecule has 0 spiro atoms. The number of hydrogen-bond donors (Lipinski definition) is 2. The lowest BCUT2D eigenvalue weighted by atomic mass is 10.1. The van der Waals surface area contributed by atoms with Crippen molar-refractivity contribution in [2.75, 3.05) is 13.7 Å². The van der Waals surface area contributed by atoms with Gasteiger partial charge in [-0.2, -0.15) is 0 Å². The number of ether oxygens (including phenoxy) is 1. The van der Waals surface area contributed by atoms with Gasteiger partial charge in [0.2, 0.25) is 0 Å². The molecule has 20 heavy (non-hydrogen) atoms. The lowest BCUT2D eigenvalue weighted by Crippen LogP contribution is -2.16. The van der Waals surface area contributed by atoms with Crippen molar-refractivity contribution in [2.45, 2.75) is 13.0 Å². The van der Waals surface area contributed by atoms with E-state index in [1.165, 1.54) is 16.9 Å². The number of carboxylic acid groups (broad SMARTS) is 1. The lowest BCUT2D eigenvalue weighted by molar-refractivity contribution is 0.0697. The van der Waals surface area contributed by atoms with Crippen LogP contribution in [0.15, 0.2) is 35.7 Å². The number of thiophene rings is 1. The molecule has 0 unspecified atom stereocenters. The van der Waals surface area contributed by atoms with Gasteiger partial charge >= 0.3 is 5.97 Å². The van der Waals surface area contributed by atoms with Crippen LogP contribution in [0.5, 0.6) is 5.75 Å². The summed E-state index contributed by atoms with van der Waals surface area (Å²) in [6.45, 7) is 1.51. The Morgan fingerprint density at radius 1 is 1.40 bits per heavy atom. The van der Waals surface area contributed by atoms with Crippen molar-refractivity contribution in [2.24, 2.45) is 0 Å². The first-order valence-corrected chi connectivity index (χ1v) is 7.22. The molecule has 0 aliphatic heterocycles. The Balaban J connectivity index is 1.80. The summed E-state index contributed by atoms with van der Waals surface area (Å²) in [5.41, 5.74) is 1.52. The highest BCUT2D eigenvalue weighted by Gasteiger charge is 2.06. The molecule has 0 fully saturated rings. The first-order valence-electron chi connectivity index (χ1n) is 6.34. The van der Waals surface area contributed by atoms with Gasteiger partial charge in [-0.15, -0.1) is 11.3 Å². The monoisotopic (exact) mass is 291 g/mol. The molecule has 0 radical (unpaired) electrons. The van der Waals surface area contributed by atoms with Crippen LogP contribution in [0.25, 0.3) is 0 Å². The van der Waals surface area contributed by atoms with Gasteiger partial charge in [-0.05, 0) is 30.7 Å². The second kappa shape index (κ2) is 7.07. The number of methoxy groups -OCH3 is 1. The van der Waals surface area contributed by atoms with Crippen LogP contribution in [-0.2, 0) is 13.0 Å². The van der Waals surface area contributed by atoms with E-state index < -0.39 is 5.97 Å². The molecule has 1 heterocycles. The van der Waals surface area contributed by atoms with Gasteiger partial charge in [-0.1, -0.05) is 18.2 Å². The van der Waals surface area contributed by atoms with Gasteiger partial charge in [-0.3, -0.25) is 0 Å². The molecule has 1 aromatic heterocycles. The summed E-state index contributed by atoms with van der Waals surface area (Å²) in [6.07, 6.45) is 0.876. The molecule has 0 saturated heterocycles. The zero-order valence-electron chi connectivity index (χ0n) is 11.3. The Morgan fingerprint density at radius 2 is 2.20 bits per heavy atom. The minimum atomic E-state index is -0.874. The van der Waals surface area contributed by atoms with Crippen molar-refractivity contribution < 1.29 is 14.6 Å². The Labute approximate surface area is 122 Å². The van der Waals surface area contributed by atoms with E-state index in [9.17, 15) is 4.79 Å². The minimum absolute atomic E-state index is 0.358. The van der Waals surface area contributed by atoms with Gasteiger partial charge in [0.05, 0.1) is 12.7 Å². The average molecular weight is 291 g/mol. The number of aromatic carboxylic acids is 1. The largest absolute Gasteiger partial charge is 0.496 e. The number of carbonyl (C=O) groups is 1. The van der Waals surface area contributed by atoms with Crippen molar-refractivity contribution in [3.63, 3.8) is 0 Å². The Morgan fingerprint density at radius 3 is 2.90 bits per heavy atom. The highest BCUT2D eigenvalue weighted by Crippen LogP contribution is 2.17. The van der Waals surface area contributed by atoms with Crippen molar-refractivity contribution in [1.29, 1.82) is 0 Å². The summed E-state index contributed by atoms with van der Waals surface area (Å²) < 4.78 is 5.30. The zero-order valence-corrected chi connectivity index (χ0v) is 12.1. The lowest BCUT2D eigenvalue weighted by Gasteiger charge is -2.08. The minimum Gasteiger partial charge on any atom is -0.496 e. The zero-order chi connectivity index (χ0) is 14.4. The fourth-order valence-corrected chi connectivity index (χ4v) is 2.76. The van der Waals surface area contributed by atoms with E-state index in [2.05, 4.69) is 5.32 Å². The van der Waals surface area contributed by atoms with E-state index in [1.807, 2.05) is 24.3 Å². The van der Waals surface area contributed by atoms with Crippen molar-refractivity contribution >= 4 is 17.3 Å². The molecule has 106 valence electrons. The molecule has 0 amide bonds. The van der Waals surface area contributed by atoms with Crippen LogP contribution in [-0.4, -0.2) is 24.7 Å². The maximum atomic E-state index is 10.8. The number of benzene rings is 1. The first-order chi connectivity index (χ1) is 9.70. The van der Waals surface area contributed by atoms with Gasteiger partial charge in [-0.25, -0.2) is 4.79 Å². The fraction of sp³-hybridized carbons (Fsp3) is 0.267. The molecule has 2 N–H and O–H groups in total. The van der Waals surface area contributed by atoms with Crippen LogP contribution in [0.1, 0.15) is 20.8 Å². The third-order valence-electron chi connectivity index (χ3n) is 2.96. The SMILES string of the molecule is COc1ccccc1CCNCc1cc(C(=O)O)cs1. The molecule has 0 aliphatic rings. The normalized spacial score (nSPS) is 10.4. The summed E-state index contributed by atoms with van der Waals surface area (Å²) in [6, 6.07) is 9.66. The smallest absolute Gasteiger partial charge is 0.336 e. The predicted molar refractivity (Wildman–Crippen MR) is 79.7 cm³/mol. The average Bonchev–Trinajstić information content (AvgIpc) is 2.93.